The Labute approximate surface area is 100 Å². The lowest BCUT2D eigenvalue weighted by atomic mass is 10.3. The fourth-order valence-electron chi connectivity index (χ4n) is 1.54. The molecule has 0 bridgehead atoms. The van der Waals surface area contributed by atoms with Crippen molar-refractivity contribution in [3.63, 3.8) is 0 Å². The molecule has 0 saturated heterocycles. The molecule has 5 nitrogen and oxygen atoms in total. The predicted molar refractivity (Wildman–Crippen MR) is 63.9 cm³/mol. The molecule has 5 heteroatoms. The summed E-state index contributed by atoms with van der Waals surface area (Å²) in [6, 6.07) is 3.74. The maximum absolute atomic E-state index is 11.6. The van der Waals surface area contributed by atoms with Gasteiger partial charge >= 0.3 is 0 Å². The van der Waals surface area contributed by atoms with Gasteiger partial charge in [-0.3, -0.25) is 4.79 Å². The Morgan fingerprint density at radius 3 is 3.00 bits per heavy atom. The van der Waals surface area contributed by atoms with Crippen molar-refractivity contribution < 1.29 is 9.90 Å². The van der Waals surface area contributed by atoms with Gasteiger partial charge in [0.05, 0.1) is 0 Å². The summed E-state index contributed by atoms with van der Waals surface area (Å²) < 4.78 is 0. The van der Waals surface area contributed by atoms with Crippen molar-refractivity contribution in [2.45, 2.75) is 25.3 Å². The van der Waals surface area contributed by atoms with E-state index in [4.69, 9.17) is 0 Å². The monoisotopic (exact) mass is 235 g/mol. The molecule has 1 fully saturated rings. The van der Waals surface area contributed by atoms with E-state index in [1.807, 2.05) is 0 Å². The van der Waals surface area contributed by atoms with Crippen molar-refractivity contribution in [2.75, 3.05) is 13.1 Å². The van der Waals surface area contributed by atoms with Crippen LogP contribution in [0.5, 0.6) is 5.75 Å². The van der Waals surface area contributed by atoms with Crippen LogP contribution in [0.4, 0.5) is 0 Å². The molecule has 3 N–H and O–H groups in total. The zero-order valence-electron chi connectivity index (χ0n) is 9.65. The van der Waals surface area contributed by atoms with Crippen molar-refractivity contribution in [1.29, 1.82) is 0 Å². The van der Waals surface area contributed by atoms with Gasteiger partial charge in [0.25, 0.3) is 5.91 Å². The zero-order valence-corrected chi connectivity index (χ0v) is 9.65. The lowest BCUT2D eigenvalue weighted by Crippen LogP contribution is -2.28. The van der Waals surface area contributed by atoms with Gasteiger partial charge in [-0.25, -0.2) is 4.98 Å². The first-order valence-corrected chi connectivity index (χ1v) is 5.93. The van der Waals surface area contributed by atoms with E-state index in [9.17, 15) is 9.90 Å². The third kappa shape index (κ3) is 3.71. The molecule has 0 spiro atoms. The fourth-order valence-corrected chi connectivity index (χ4v) is 1.54. The molecular formula is C12H17N3O2. The Kier molecular flexibility index (Phi) is 3.93. The minimum Gasteiger partial charge on any atom is -0.505 e. The zero-order chi connectivity index (χ0) is 12.1. The van der Waals surface area contributed by atoms with Crippen LogP contribution in [0.2, 0.25) is 0 Å². The Balaban J connectivity index is 1.67. The first-order valence-electron chi connectivity index (χ1n) is 5.93. The number of aromatic hydroxyl groups is 1. The number of rotatable bonds is 6. The fraction of sp³-hybridized carbons (Fsp3) is 0.500. The first-order chi connectivity index (χ1) is 8.27. The molecule has 1 heterocycles. The second-order valence-corrected chi connectivity index (χ2v) is 4.21. The van der Waals surface area contributed by atoms with Crippen LogP contribution in [0.1, 0.15) is 29.8 Å². The van der Waals surface area contributed by atoms with Crippen LogP contribution < -0.4 is 10.6 Å². The average Bonchev–Trinajstić information content (AvgIpc) is 3.13. The van der Waals surface area contributed by atoms with E-state index in [0.29, 0.717) is 12.6 Å². The normalized spacial score (nSPS) is 14.6. The van der Waals surface area contributed by atoms with Gasteiger partial charge in [-0.2, -0.15) is 0 Å². The Morgan fingerprint density at radius 1 is 1.47 bits per heavy atom. The van der Waals surface area contributed by atoms with Gasteiger partial charge in [-0.05, 0) is 37.9 Å². The summed E-state index contributed by atoms with van der Waals surface area (Å²) in [6.45, 7) is 1.51. The molecule has 92 valence electrons. The van der Waals surface area contributed by atoms with E-state index < -0.39 is 0 Å². The van der Waals surface area contributed by atoms with E-state index in [1.54, 1.807) is 6.07 Å². The number of hydrogen-bond donors (Lipinski definition) is 3. The third-order valence-electron chi connectivity index (χ3n) is 2.65. The molecule has 1 aliphatic rings. The number of carbonyl (C=O) groups is 1. The second kappa shape index (κ2) is 5.63. The molecule has 1 aromatic rings. The average molecular weight is 235 g/mol. The maximum Gasteiger partial charge on any atom is 0.273 e. The lowest BCUT2D eigenvalue weighted by molar-refractivity contribution is 0.0945. The SMILES string of the molecule is O=C(NCCCNC1CC1)c1ncccc1O. The highest BCUT2D eigenvalue weighted by Gasteiger charge is 2.19. The van der Waals surface area contributed by atoms with Crippen LogP contribution in [-0.4, -0.2) is 35.1 Å². The number of aromatic nitrogens is 1. The molecule has 0 aromatic carbocycles. The minimum absolute atomic E-state index is 0.0823. The van der Waals surface area contributed by atoms with Crippen LogP contribution in [-0.2, 0) is 0 Å². The highest BCUT2D eigenvalue weighted by molar-refractivity contribution is 5.94. The molecule has 0 aliphatic heterocycles. The van der Waals surface area contributed by atoms with Gasteiger partial charge in [0.2, 0.25) is 0 Å². The number of pyridine rings is 1. The van der Waals surface area contributed by atoms with Gasteiger partial charge in [-0.15, -0.1) is 0 Å². The second-order valence-electron chi connectivity index (χ2n) is 4.21. The number of hydrogen-bond acceptors (Lipinski definition) is 4. The van der Waals surface area contributed by atoms with E-state index >= 15 is 0 Å². The lowest BCUT2D eigenvalue weighted by Gasteiger charge is -2.06. The number of amides is 1. The standard InChI is InChI=1S/C12H17N3O2/c16-10-3-1-6-14-11(10)12(17)15-8-2-7-13-9-4-5-9/h1,3,6,9,13,16H,2,4-5,7-8H2,(H,15,17). The molecule has 0 unspecified atom stereocenters. The number of nitrogens with zero attached hydrogens (tertiary/aromatic N) is 1. The molecule has 1 aromatic heterocycles. The molecule has 2 rings (SSSR count). The van der Waals surface area contributed by atoms with Gasteiger partial charge in [0, 0.05) is 18.8 Å². The summed E-state index contributed by atoms with van der Waals surface area (Å²) in [5, 5.41) is 15.5. The highest BCUT2D eigenvalue weighted by atomic mass is 16.3. The summed E-state index contributed by atoms with van der Waals surface area (Å²) in [6.07, 6.45) is 4.92. The third-order valence-corrected chi connectivity index (χ3v) is 2.65. The van der Waals surface area contributed by atoms with Gasteiger partial charge in [-0.1, -0.05) is 0 Å². The van der Waals surface area contributed by atoms with Crippen molar-refractivity contribution in [2.24, 2.45) is 0 Å². The Bertz CT molecular complexity index is 391. The van der Waals surface area contributed by atoms with Crippen molar-refractivity contribution in [1.82, 2.24) is 15.6 Å². The molecule has 1 saturated carbocycles. The first kappa shape index (κ1) is 11.9. The largest absolute Gasteiger partial charge is 0.505 e. The summed E-state index contributed by atoms with van der Waals surface area (Å²) in [7, 11) is 0. The van der Waals surface area contributed by atoms with Gasteiger partial charge < -0.3 is 15.7 Å². The molecule has 17 heavy (non-hydrogen) atoms. The Morgan fingerprint density at radius 2 is 2.29 bits per heavy atom. The number of nitrogens with one attached hydrogen (secondary N) is 2. The summed E-state index contributed by atoms with van der Waals surface area (Å²) in [5.74, 6) is -0.407. The summed E-state index contributed by atoms with van der Waals surface area (Å²) >= 11 is 0. The number of carbonyl (C=O) groups excluding carboxylic acids is 1. The van der Waals surface area contributed by atoms with Crippen LogP contribution in [0.25, 0.3) is 0 Å². The van der Waals surface area contributed by atoms with Crippen molar-refractivity contribution >= 4 is 5.91 Å². The van der Waals surface area contributed by atoms with Crippen LogP contribution >= 0.6 is 0 Å². The highest BCUT2D eigenvalue weighted by Crippen LogP contribution is 2.18. The Hall–Kier alpha value is -1.62. The van der Waals surface area contributed by atoms with E-state index in [-0.39, 0.29) is 17.4 Å². The minimum atomic E-state index is -0.325. The molecule has 1 amide bonds. The van der Waals surface area contributed by atoms with E-state index in [0.717, 1.165) is 13.0 Å². The summed E-state index contributed by atoms with van der Waals surface area (Å²) in [5.41, 5.74) is 0.0858. The van der Waals surface area contributed by atoms with E-state index in [2.05, 4.69) is 15.6 Å². The summed E-state index contributed by atoms with van der Waals surface area (Å²) in [4.78, 5) is 15.5. The molecule has 1 aliphatic carbocycles. The van der Waals surface area contributed by atoms with Crippen LogP contribution in [0.3, 0.4) is 0 Å². The van der Waals surface area contributed by atoms with Crippen LogP contribution in [0.15, 0.2) is 18.3 Å². The molecule has 0 radical (unpaired) electrons. The predicted octanol–water partition coefficient (Wildman–Crippen LogP) is 0.659. The van der Waals surface area contributed by atoms with Crippen LogP contribution in [0, 0.1) is 0 Å². The van der Waals surface area contributed by atoms with Crippen molar-refractivity contribution in [3.8, 4) is 5.75 Å². The topological polar surface area (TPSA) is 74.2 Å². The van der Waals surface area contributed by atoms with Gasteiger partial charge in [0.15, 0.2) is 5.69 Å². The molecular weight excluding hydrogens is 218 g/mol. The van der Waals surface area contributed by atoms with Gasteiger partial charge in [0.1, 0.15) is 5.75 Å². The smallest absolute Gasteiger partial charge is 0.273 e. The molecule has 0 atom stereocenters. The quantitative estimate of drug-likeness (QED) is 0.633. The van der Waals surface area contributed by atoms with Crippen molar-refractivity contribution in [3.05, 3.63) is 24.0 Å². The maximum atomic E-state index is 11.6. The van der Waals surface area contributed by atoms with E-state index in [1.165, 1.54) is 25.1 Å².